The zero-order valence-electron chi connectivity index (χ0n) is 17.5. The van der Waals surface area contributed by atoms with E-state index in [0.717, 1.165) is 23.5 Å². The molecule has 5 nitrogen and oxygen atoms in total. The summed E-state index contributed by atoms with van der Waals surface area (Å²) in [5.74, 6) is 1.36. The van der Waals surface area contributed by atoms with E-state index in [-0.39, 0.29) is 5.82 Å². The maximum Gasteiger partial charge on any atom is 0.227 e. The number of hydrogen-bond donors (Lipinski definition) is 1. The van der Waals surface area contributed by atoms with Crippen molar-refractivity contribution in [3.63, 3.8) is 0 Å². The molecule has 0 unspecified atom stereocenters. The molecule has 1 aromatic heterocycles. The van der Waals surface area contributed by atoms with Crippen LogP contribution in [0.5, 0.6) is 11.6 Å². The summed E-state index contributed by atoms with van der Waals surface area (Å²) in [6.45, 7) is 5.92. The second-order valence-corrected chi connectivity index (χ2v) is 8.16. The number of aliphatic hydroxyl groups is 1. The van der Waals surface area contributed by atoms with Gasteiger partial charge in [0.1, 0.15) is 11.6 Å². The lowest BCUT2D eigenvalue weighted by Gasteiger charge is -2.24. The fraction of sp³-hybridized carbons (Fsp3) is 0.375. The average Bonchev–Trinajstić information content (AvgIpc) is 3.47. The van der Waals surface area contributed by atoms with E-state index in [9.17, 15) is 9.50 Å². The molecule has 1 fully saturated rings. The highest BCUT2D eigenvalue weighted by Gasteiger charge is 2.27. The summed E-state index contributed by atoms with van der Waals surface area (Å²) in [5.41, 5.74) is 2.68. The van der Waals surface area contributed by atoms with Crippen LogP contribution in [0.1, 0.15) is 31.0 Å². The normalized spacial score (nSPS) is 14.8. The summed E-state index contributed by atoms with van der Waals surface area (Å²) < 4.78 is 21.7. The first-order chi connectivity index (χ1) is 14.5. The van der Waals surface area contributed by atoms with Crippen molar-refractivity contribution in [1.82, 2.24) is 14.7 Å². The highest BCUT2D eigenvalue weighted by Crippen LogP contribution is 2.34. The lowest BCUT2D eigenvalue weighted by Crippen LogP contribution is -2.32. The Morgan fingerprint density at radius 2 is 1.97 bits per heavy atom. The average molecular weight is 410 g/mol. The third-order valence-corrected chi connectivity index (χ3v) is 5.27. The Hall–Kier alpha value is -2.70. The Morgan fingerprint density at radius 3 is 2.63 bits per heavy atom. The molecular weight excluding hydrogens is 381 g/mol. The number of halogens is 1. The third-order valence-electron chi connectivity index (χ3n) is 5.27. The van der Waals surface area contributed by atoms with Crippen LogP contribution in [0.4, 0.5) is 4.39 Å². The second kappa shape index (κ2) is 8.98. The fourth-order valence-electron chi connectivity index (χ4n) is 3.68. The number of aliphatic hydroxyl groups excluding tert-OH is 1. The topological polar surface area (TPSA) is 50.5 Å². The lowest BCUT2D eigenvalue weighted by atomic mass is 10.2. The van der Waals surface area contributed by atoms with E-state index in [1.807, 2.05) is 44.2 Å². The number of rotatable bonds is 9. The van der Waals surface area contributed by atoms with Crippen LogP contribution in [0.3, 0.4) is 0 Å². The monoisotopic (exact) mass is 409 g/mol. The van der Waals surface area contributed by atoms with Gasteiger partial charge in [-0.1, -0.05) is 24.3 Å². The molecule has 3 aromatic rings. The molecule has 0 bridgehead atoms. The van der Waals surface area contributed by atoms with Gasteiger partial charge in [-0.3, -0.25) is 4.90 Å². The zero-order valence-corrected chi connectivity index (χ0v) is 17.5. The maximum atomic E-state index is 13.8. The summed E-state index contributed by atoms with van der Waals surface area (Å²) in [5, 5.41) is 14.7. The molecular formula is C24H28FN3O2. The fourth-order valence-corrected chi connectivity index (χ4v) is 3.68. The standard InChI is InChI=1S/C24H28FN3O2/c1-17(29)14-27(15-19-11-12-19)16-23-18(2)26-28(21-8-4-3-5-9-21)24(23)30-22-10-6-7-20(25)13-22/h3-10,13,17,19,29H,11-12,14-16H2,1-2H3/t17-/m1/s1. The molecule has 6 heteroatoms. The van der Waals surface area contributed by atoms with Gasteiger partial charge in [-0.15, -0.1) is 0 Å². The Balaban J connectivity index is 1.71. The van der Waals surface area contributed by atoms with Crippen molar-refractivity contribution in [2.24, 2.45) is 5.92 Å². The van der Waals surface area contributed by atoms with Gasteiger partial charge in [0.25, 0.3) is 0 Å². The number of benzene rings is 2. The van der Waals surface area contributed by atoms with E-state index in [2.05, 4.69) is 4.90 Å². The molecule has 1 atom stereocenters. The largest absolute Gasteiger partial charge is 0.438 e. The van der Waals surface area contributed by atoms with Crippen molar-refractivity contribution in [2.75, 3.05) is 13.1 Å². The van der Waals surface area contributed by atoms with Crippen LogP contribution in [-0.2, 0) is 6.54 Å². The van der Waals surface area contributed by atoms with Crippen LogP contribution in [0, 0.1) is 18.7 Å². The smallest absolute Gasteiger partial charge is 0.227 e. The predicted molar refractivity (Wildman–Crippen MR) is 114 cm³/mol. The first-order valence-corrected chi connectivity index (χ1v) is 10.5. The minimum atomic E-state index is -0.416. The number of para-hydroxylation sites is 1. The molecule has 4 rings (SSSR count). The quantitative estimate of drug-likeness (QED) is 0.556. The van der Waals surface area contributed by atoms with Gasteiger partial charge in [0.15, 0.2) is 0 Å². The molecule has 0 spiro atoms. The SMILES string of the molecule is Cc1nn(-c2ccccc2)c(Oc2cccc(F)c2)c1CN(CC1CC1)C[C@@H](C)O. The van der Waals surface area contributed by atoms with Crippen LogP contribution in [0.15, 0.2) is 54.6 Å². The Bertz CT molecular complexity index is 979. The summed E-state index contributed by atoms with van der Waals surface area (Å²) in [6.07, 6.45) is 2.07. The van der Waals surface area contributed by atoms with Gasteiger partial charge in [-0.25, -0.2) is 9.07 Å². The summed E-state index contributed by atoms with van der Waals surface area (Å²) >= 11 is 0. The van der Waals surface area contributed by atoms with E-state index in [1.54, 1.807) is 16.8 Å². The highest BCUT2D eigenvalue weighted by atomic mass is 19.1. The lowest BCUT2D eigenvalue weighted by molar-refractivity contribution is 0.118. The van der Waals surface area contributed by atoms with Crippen molar-refractivity contribution in [3.05, 3.63) is 71.7 Å². The van der Waals surface area contributed by atoms with E-state index >= 15 is 0 Å². The Labute approximate surface area is 176 Å². The van der Waals surface area contributed by atoms with Crippen molar-refractivity contribution in [3.8, 4) is 17.3 Å². The van der Waals surface area contributed by atoms with Crippen molar-refractivity contribution in [1.29, 1.82) is 0 Å². The van der Waals surface area contributed by atoms with E-state index in [0.29, 0.717) is 30.6 Å². The molecule has 30 heavy (non-hydrogen) atoms. The van der Waals surface area contributed by atoms with Crippen molar-refractivity contribution < 1.29 is 14.2 Å². The molecule has 1 N–H and O–H groups in total. The number of aryl methyl sites for hydroxylation is 1. The third kappa shape index (κ3) is 5.07. The summed E-state index contributed by atoms with van der Waals surface area (Å²) in [7, 11) is 0. The zero-order chi connectivity index (χ0) is 21.1. The molecule has 1 aliphatic rings. The minimum Gasteiger partial charge on any atom is -0.438 e. The van der Waals surface area contributed by atoms with Gasteiger partial charge >= 0.3 is 0 Å². The Kier molecular flexibility index (Phi) is 6.16. The molecule has 0 saturated heterocycles. The Morgan fingerprint density at radius 1 is 1.20 bits per heavy atom. The molecule has 158 valence electrons. The van der Waals surface area contributed by atoms with Gasteiger partial charge in [-0.05, 0) is 56.9 Å². The van der Waals surface area contributed by atoms with Crippen LogP contribution in [-0.4, -0.2) is 39.0 Å². The number of ether oxygens (including phenoxy) is 1. The second-order valence-electron chi connectivity index (χ2n) is 8.16. The van der Waals surface area contributed by atoms with Crippen LogP contribution >= 0.6 is 0 Å². The maximum absolute atomic E-state index is 13.8. The molecule has 0 amide bonds. The summed E-state index contributed by atoms with van der Waals surface area (Å²) in [4.78, 5) is 2.26. The summed E-state index contributed by atoms with van der Waals surface area (Å²) in [6, 6.07) is 15.9. The van der Waals surface area contributed by atoms with E-state index in [1.165, 1.54) is 25.0 Å². The van der Waals surface area contributed by atoms with Gasteiger partial charge in [-0.2, -0.15) is 5.10 Å². The van der Waals surface area contributed by atoms with Gasteiger partial charge < -0.3 is 9.84 Å². The van der Waals surface area contributed by atoms with Crippen LogP contribution in [0.2, 0.25) is 0 Å². The van der Waals surface area contributed by atoms with Gasteiger partial charge in [0, 0.05) is 25.7 Å². The minimum absolute atomic E-state index is 0.346. The molecule has 0 radical (unpaired) electrons. The predicted octanol–water partition coefficient (Wildman–Crippen LogP) is 4.70. The number of nitrogens with zero attached hydrogens (tertiary/aromatic N) is 3. The number of aromatic nitrogens is 2. The molecule has 0 aliphatic heterocycles. The molecule has 2 aromatic carbocycles. The van der Waals surface area contributed by atoms with Crippen molar-refractivity contribution >= 4 is 0 Å². The molecule has 1 saturated carbocycles. The van der Waals surface area contributed by atoms with Gasteiger partial charge in [0.05, 0.1) is 23.0 Å². The van der Waals surface area contributed by atoms with Crippen LogP contribution in [0.25, 0.3) is 5.69 Å². The number of hydrogen-bond acceptors (Lipinski definition) is 4. The first kappa shape index (κ1) is 20.6. The van der Waals surface area contributed by atoms with Gasteiger partial charge in [0.2, 0.25) is 5.88 Å². The van der Waals surface area contributed by atoms with E-state index < -0.39 is 6.10 Å². The van der Waals surface area contributed by atoms with Crippen LogP contribution < -0.4 is 4.74 Å². The highest BCUT2D eigenvalue weighted by molar-refractivity contribution is 5.43. The molecule has 1 aliphatic carbocycles. The first-order valence-electron chi connectivity index (χ1n) is 10.5. The van der Waals surface area contributed by atoms with E-state index in [4.69, 9.17) is 9.84 Å². The molecule has 1 heterocycles. The van der Waals surface area contributed by atoms with Crippen molar-refractivity contribution in [2.45, 2.75) is 39.3 Å².